The highest BCUT2D eigenvalue weighted by Crippen LogP contribution is 2.73. The van der Waals surface area contributed by atoms with E-state index in [4.69, 9.17) is 24.1 Å². The van der Waals surface area contributed by atoms with Crippen LogP contribution in [0.5, 0.6) is 0 Å². The van der Waals surface area contributed by atoms with Crippen molar-refractivity contribution >= 4 is 5.97 Å². The first-order valence-corrected chi connectivity index (χ1v) is 19.5. The highest BCUT2D eigenvalue weighted by atomic mass is 16.7. The van der Waals surface area contributed by atoms with Crippen LogP contribution in [0.3, 0.4) is 0 Å². The van der Waals surface area contributed by atoms with E-state index in [9.17, 15) is 66.1 Å². The molecule has 0 aromatic carbocycles. The van der Waals surface area contributed by atoms with Gasteiger partial charge in [0, 0.05) is 19.6 Å². The van der Waals surface area contributed by atoms with Gasteiger partial charge in [-0.1, -0.05) is 19.9 Å². The van der Waals surface area contributed by atoms with Crippen LogP contribution in [0, 0.1) is 28.1 Å². The summed E-state index contributed by atoms with van der Waals surface area (Å²) in [6.07, 6.45) is -15.7. The quantitative estimate of drug-likeness (QED) is 0.0350. The average Bonchev–Trinajstić information content (AvgIpc) is 3.35. The van der Waals surface area contributed by atoms with Gasteiger partial charge < -0.3 is 85.3 Å². The molecule has 14 unspecified atom stereocenters. The predicted molar refractivity (Wildman–Crippen MR) is 190 cm³/mol. The van der Waals surface area contributed by atoms with Gasteiger partial charge in [0.25, 0.3) is 0 Å². The standard InChI is InChI=1S/C38H62O18/c1-18-15-37-11-5-22-35(2,9-4-10-36(22,3)34(52)55-31(50)27(47)24(44)19(42)7-13-39)23(37)6-12-38(18,17-37)56-32(51)29(49)30(20(43)8-14-40)54-33-28(48)26(46)25(45)21(16-41)53-33/h19-28,31-33,39-51H,1,4-17H2,2-3H3/b30-29-/t19?,20?,21?,22?,23-,24?,25?,26?,27?,28?,31?,32?,33?,35+,36+,37?,38?/m0/s1. The smallest absolute Gasteiger partial charge is 0.314 e. The number of hydrogen-bond donors (Lipinski definition) is 13. The normalized spacial score (nSPS) is 42.0. The Morgan fingerprint density at radius 2 is 1.54 bits per heavy atom. The Kier molecular flexibility index (Phi) is 13.9. The van der Waals surface area contributed by atoms with Crippen molar-refractivity contribution in [1.29, 1.82) is 0 Å². The molecule has 5 rings (SSSR count). The van der Waals surface area contributed by atoms with Gasteiger partial charge in [0.1, 0.15) is 42.7 Å². The summed E-state index contributed by atoms with van der Waals surface area (Å²) in [5, 5.41) is 134. The molecular weight excluding hydrogens is 744 g/mol. The number of aliphatic hydroxyl groups is 13. The largest absolute Gasteiger partial charge is 0.505 e. The monoisotopic (exact) mass is 806 g/mol. The van der Waals surface area contributed by atoms with E-state index in [0.29, 0.717) is 56.9 Å². The number of aliphatic hydroxyl groups excluding tert-OH is 13. The molecule has 1 aliphatic heterocycles. The van der Waals surface area contributed by atoms with Crippen LogP contribution in [0.15, 0.2) is 23.7 Å². The van der Waals surface area contributed by atoms with Crippen molar-refractivity contribution in [1.82, 2.24) is 0 Å². The van der Waals surface area contributed by atoms with Crippen molar-refractivity contribution in [2.75, 3.05) is 19.8 Å². The Morgan fingerprint density at radius 3 is 2.18 bits per heavy atom. The molecule has 0 amide bonds. The maximum absolute atomic E-state index is 13.8. The molecule has 13 N–H and O–H groups in total. The number of carbonyl (C=O) groups is 1. The fraction of sp³-hybridized carbons (Fsp3) is 0.868. The molecule has 17 atom stereocenters. The lowest BCUT2D eigenvalue weighted by molar-refractivity contribution is -0.295. The molecule has 4 aliphatic carbocycles. The van der Waals surface area contributed by atoms with Crippen LogP contribution in [-0.2, 0) is 23.7 Å². The molecular formula is C38H62O18. The molecule has 1 spiro atoms. The van der Waals surface area contributed by atoms with Gasteiger partial charge in [-0.25, -0.2) is 0 Å². The van der Waals surface area contributed by atoms with Crippen LogP contribution >= 0.6 is 0 Å². The van der Waals surface area contributed by atoms with Crippen molar-refractivity contribution in [3.05, 3.63) is 23.7 Å². The minimum absolute atomic E-state index is 0.0563. The van der Waals surface area contributed by atoms with Crippen molar-refractivity contribution in [2.45, 2.75) is 158 Å². The number of carbonyl (C=O) groups excluding carboxylic acids is 1. The summed E-state index contributed by atoms with van der Waals surface area (Å²) in [5.41, 5.74) is -2.27. The van der Waals surface area contributed by atoms with Crippen LogP contribution < -0.4 is 0 Å². The van der Waals surface area contributed by atoms with Gasteiger partial charge in [-0.15, -0.1) is 0 Å². The van der Waals surface area contributed by atoms with E-state index < -0.39 is 121 Å². The van der Waals surface area contributed by atoms with E-state index in [-0.39, 0.29) is 30.1 Å². The second kappa shape index (κ2) is 17.3. The second-order valence-corrected chi connectivity index (χ2v) is 17.2. The van der Waals surface area contributed by atoms with Crippen molar-refractivity contribution < 1.29 is 90.1 Å². The molecule has 18 nitrogen and oxygen atoms in total. The van der Waals surface area contributed by atoms with Crippen LogP contribution in [0.4, 0.5) is 0 Å². The third kappa shape index (κ3) is 8.00. The molecule has 0 aromatic heterocycles. The molecule has 5 fully saturated rings. The van der Waals surface area contributed by atoms with Crippen LogP contribution in [-0.4, -0.2) is 165 Å². The summed E-state index contributed by atoms with van der Waals surface area (Å²) >= 11 is 0. The lowest BCUT2D eigenvalue weighted by atomic mass is 9.41. The van der Waals surface area contributed by atoms with Gasteiger partial charge in [0.15, 0.2) is 11.5 Å². The number of fused-ring (bicyclic) bond motifs is 3. The number of ether oxygens (including phenoxy) is 4. The topological polar surface area (TPSA) is 317 Å². The minimum Gasteiger partial charge on any atom is -0.505 e. The molecule has 1 heterocycles. The zero-order chi connectivity index (χ0) is 41.5. The first-order chi connectivity index (χ1) is 26.3. The highest BCUT2D eigenvalue weighted by Gasteiger charge is 2.69. The van der Waals surface area contributed by atoms with E-state index in [0.717, 1.165) is 6.42 Å². The van der Waals surface area contributed by atoms with Crippen LogP contribution in [0.2, 0.25) is 0 Å². The Bertz CT molecular complexity index is 1430. The van der Waals surface area contributed by atoms with Gasteiger partial charge in [-0.3, -0.25) is 4.79 Å². The Labute approximate surface area is 325 Å². The summed E-state index contributed by atoms with van der Waals surface area (Å²) in [7, 11) is 0. The molecule has 0 aromatic rings. The summed E-state index contributed by atoms with van der Waals surface area (Å²) in [4.78, 5) is 13.8. The lowest BCUT2D eigenvalue weighted by Crippen LogP contribution is -2.60. The van der Waals surface area contributed by atoms with Gasteiger partial charge in [0.05, 0.1) is 23.7 Å². The maximum Gasteiger partial charge on any atom is 0.314 e. The third-order valence-corrected chi connectivity index (χ3v) is 13.9. The van der Waals surface area contributed by atoms with Crippen molar-refractivity contribution in [3.8, 4) is 0 Å². The summed E-state index contributed by atoms with van der Waals surface area (Å²) in [6, 6.07) is 0. The summed E-state index contributed by atoms with van der Waals surface area (Å²) in [6.45, 7) is 6.46. The molecule has 5 aliphatic rings. The molecule has 1 saturated heterocycles. The average molecular weight is 807 g/mol. The molecule has 322 valence electrons. The minimum atomic E-state index is -2.12. The number of hydrogen-bond acceptors (Lipinski definition) is 18. The Hall–Kier alpha value is -2.01. The van der Waals surface area contributed by atoms with Crippen molar-refractivity contribution in [2.24, 2.45) is 28.1 Å². The third-order valence-electron chi connectivity index (χ3n) is 13.9. The van der Waals surface area contributed by atoms with Gasteiger partial charge >= 0.3 is 5.97 Å². The molecule has 2 bridgehead atoms. The van der Waals surface area contributed by atoms with E-state index in [2.05, 4.69) is 13.5 Å². The van der Waals surface area contributed by atoms with E-state index in [1.165, 1.54) is 0 Å². The summed E-state index contributed by atoms with van der Waals surface area (Å²) in [5.74, 6) is -2.60. The Morgan fingerprint density at radius 1 is 0.875 bits per heavy atom. The molecule has 0 radical (unpaired) electrons. The lowest BCUT2D eigenvalue weighted by Gasteiger charge is -2.64. The fourth-order valence-corrected chi connectivity index (χ4v) is 11.0. The van der Waals surface area contributed by atoms with Gasteiger partial charge in [-0.2, -0.15) is 0 Å². The predicted octanol–water partition coefficient (Wildman–Crippen LogP) is -1.93. The first-order valence-electron chi connectivity index (χ1n) is 19.5. The van der Waals surface area contributed by atoms with Crippen LogP contribution in [0.25, 0.3) is 0 Å². The molecule has 56 heavy (non-hydrogen) atoms. The van der Waals surface area contributed by atoms with E-state index >= 15 is 0 Å². The molecule has 4 saturated carbocycles. The van der Waals surface area contributed by atoms with Crippen LogP contribution in [0.1, 0.15) is 84.5 Å². The number of rotatable bonds is 16. The SMILES string of the molecule is C=C1CC23CCC4[C@](C)(C(=O)OC(O)C(O)C(O)C(O)CCO)CCC[C@@]4(C)[C@@H]2CCC1(OC(O)/C(O)=C(/OC1OC(CO)C(O)C(O)C1O)C(O)CCO)C3. The van der Waals surface area contributed by atoms with Gasteiger partial charge in [0.2, 0.25) is 18.9 Å². The fourth-order valence-electron chi connectivity index (χ4n) is 11.0. The maximum atomic E-state index is 13.8. The first kappa shape index (κ1) is 45.1. The summed E-state index contributed by atoms with van der Waals surface area (Å²) < 4.78 is 22.5. The Balaban J connectivity index is 1.33. The second-order valence-electron chi connectivity index (χ2n) is 17.2. The van der Waals surface area contributed by atoms with E-state index in [1.54, 1.807) is 6.92 Å². The van der Waals surface area contributed by atoms with Crippen molar-refractivity contribution in [3.63, 3.8) is 0 Å². The van der Waals surface area contributed by atoms with E-state index in [1.807, 2.05) is 0 Å². The zero-order valence-electron chi connectivity index (χ0n) is 32.0. The molecule has 18 heteroatoms. The number of esters is 1. The highest BCUT2D eigenvalue weighted by molar-refractivity contribution is 5.77. The van der Waals surface area contributed by atoms with Gasteiger partial charge in [-0.05, 0) is 93.0 Å². The zero-order valence-corrected chi connectivity index (χ0v) is 32.0.